The number of nitrogens with zero attached hydrogens (tertiary/aromatic N) is 1. The van der Waals surface area contributed by atoms with Crippen molar-refractivity contribution in [2.24, 2.45) is 17.3 Å². The summed E-state index contributed by atoms with van der Waals surface area (Å²) in [5, 5.41) is 17.0. The van der Waals surface area contributed by atoms with Crippen LogP contribution in [0.4, 0.5) is 0 Å². The molecule has 1 N–H and O–H groups in total. The van der Waals surface area contributed by atoms with Crippen molar-refractivity contribution in [3.63, 3.8) is 0 Å². The molecule has 1 saturated carbocycles. The van der Waals surface area contributed by atoms with Crippen molar-refractivity contribution >= 4 is 18.4 Å². The molecule has 0 aromatic rings. The van der Waals surface area contributed by atoms with Crippen LogP contribution in [0.1, 0.15) is 13.8 Å². The highest BCUT2D eigenvalue weighted by Gasteiger charge is 2.60. The number of hydrogen-bond donors (Lipinski definition) is 1. The van der Waals surface area contributed by atoms with Gasteiger partial charge < -0.3 is 5.11 Å². The summed E-state index contributed by atoms with van der Waals surface area (Å²) < 4.78 is 0. The molecule has 0 radical (unpaired) electrons. The van der Waals surface area contributed by atoms with E-state index in [9.17, 15) is 4.79 Å². The van der Waals surface area contributed by atoms with Crippen molar-refractivity contribution in [1.82, 2.24) is 0 Å². The minimum Gasteiger partial charge on any atom is -0.481 e. The zero-order valence-electron chi connectivity index (χ0n) is 7.52. The molecule has 72 valence electrons. The summed E-state index contributed by atoms with van der Waals surface area (Å²) in [7, 11) is 0. The Morgan fingerprint density at radius 1 is 1.62 bits per heavy atom. The van der Waals surface area contributed by atoms with Crippen molar-refractivity contribution in [2.45, 2.75) is 13.8 Å². The van der Waals surface area contributed by atoms with E-state index in [4.69, 9.17) is 10.4 Å². The first kappa shape index (κ1) is 12.0. The topological polar surface area (TPSA) is 61.1 Å². The van der Waals surface area contributed by atoms with Crippen LogP contribution >= 0.6 is 12.4 Å². The molecule has 13 heavy (non-hydrogen) atoms. The Bertz CT molecular complexity index is 278. The van der Waals surface area contributed by atoms with Crippen LogP contribution in [0.5, 0.6) is 0 Å². The van der Waals surface area contributed by atoms with Gasteiger partial charge in [0, 0.05) is 6.08 Å². The molecule has 1 fully saturated rings. The van der Waals surface area contributed by atoms with Crippen LogP contribution in [0, 0.1) is 28.6 Å². The van der Waals surface area contributed by atoms with Crippen LogP contribution in [0.2, 0.25) is 0 Å². The van der Waals surface area contributed by atoms with Gasteiger partial charge in [-0.2, -0.15) is 5.26 Å². The van der Waals surface area contributed by atoms with Gasteiger partial charge in [-0.05, 0) is 11.3 Å². The van der Waals surface area contributed by atoms with E-state index in [1.54, 1.807) is 6.08 Å². The number of carboxylic acids is 1. The summed E-state index contributed by atoms with van der Waals surface area (Å²) in [6, 6.07) is 1.86. The maximum atomic E-state index is 10.6. The fourth-order valence-electron chi connectivity index (χ4n) is 1.66. The standard InChI is InChI=1S/C9H11NO2.ClH/c1-9(2)6(4-3-5-10)7(9)8(11)12;/h3-4,6-7H,1-2H3,(H,11,12);1H. The number of carboxylic acid groups (broad SMARTS) is 1. The molecular formula is C9H12ClNO2. The van der Waals surface area contributed by atoms with Crippen molar-refractivity contribution in [3.8, 4) is 6.07 Å². The molecule has 0 aliphatic heterocycles. The Kier molecular flexibility index (Phi) is 3.50. The van der Waals surface area contributed by atoms with E-state index < -0.39 is 5.97 Å². The molecule has 0 heterocycles. The predicted octanol–water partition coefficient (Wildman–Crippen LogP) is 1.84. The quantitative estimate of drug-likeness (QED) is 0.694. The molecule has 0 aromatic heterocycles. The van der Waals surface area contributed by atoms with Crippen LogP contribution in [0.3, 0.4) is 0 Å². The van der Waals surface area contributed by atoms with Gasteiger partial charge in [0.15, 0.2) is 0 Å². The maximum absolute atomic E-state index is 10.6. The summed E-state index contributed by atoms with van der Waals surface area (Å²) in [6.07, 6.45) is 3.04. The first-order valence-corrected chi connectivity index (χ1v) is 3.81. The lowest BCUT2D eigenvalue weighted by molar-refractivity contribution is -0.139. The molecule has 0 amide bonds. The third-order valence-corrected chi connectivity index (χ3v) is 2.55. The predicted molar refractivity (Wildman–Crippen MR) is 50.4 cm³/mol. The maximum Gasteiger partial charge on any atom is 0.307 e. The van der Waals surface area contributed by atoms with E-state index in [1.807, 2.05) is 19.9 Å². The lowest BCUT2D eigenvalue weighted by atomic mass is 10.1. The van der Waals surface area contributed by atoms with Crippen molar-refractivity contribution in [2.75, 3.05) is 0 Å². The van der Waals surface area contributed by atoms with Gasteiger partial charge >= 0.3 is 5.97 Å². The second-order valence-electron chi connectivity index (χ2n) is 3.65. The van der Waals surface area contributed by atoms with E-state index >= 15 is 0 Å². The van der Waals surface area contributed by atoms with E-state index in [-0.39, 0.29) is 29.7 Å². The average Bonchev–Trinajstić information content (AvgIpc) is 2.49. The number of rotatable bonds is 2. The van der Waals surface area contributed by atoms with Crippen molar-refractivity contribution in [1.29, 1.82) is 5.26 Å². The number of nitriles is 1. The van der Waals surface area contributed by atoms with Crippen LogP contribution in [-0.2, 0) is 4.79 Å². The van der Waals surface area contributed by atoms with Gasteiger partial charge in [-0.3, -0.25) is 4.79 Å². The third-order valence-electron chi connectivity index (χ3n) is 2.55. The second kappa shape index (κ2) is 3.80. The second-order valence-corrected chi connectivity index (χ2v) is 3.65. The normalized spacial score (nSPS) is 29.0. The molecule has 4 heteroatoms. The Labute approximate surface area is 83.5 Å². The molecule has 0 bridgehead atoms. The molecule has 2 unspecified atom stereocenters. The molecule has 2 atom stereocenters. The molecule has 1 rings (SSSR count). The first-order chi connectivity index (χ1) is 5.51. The molecular weight excluding hydrogens is 190 g/mol. The molecule has 0 saturated heterocycles. The van der Waals surface area contributed by atoms with E-state index in [1.165, 1.54) is 6.08 Å². The van der Waals surface area contributed by atoms with Crippen LogP contribution in [0.15, 0.2) is 12.2 Å². The van der Waals surface area contributed by atoms with E-state index in [0.717, 1.165) is 0 Å². The van der Waals surface area contributed by atoms with Gasteiger partial charge in [-0.15, -0.1) is 12.4 Å². The zero-order chi connectivity index (χ0) is 9.35. The van der Waals surface area contributed by atoms with Gasteiger partial charge in [0.2, 0.25) is 0 Å². The van der Waals surface area contributed by atoms with E-state index in [0.29, 0.717) is 0 Å². The monoisotopic (exact) mass is 201 g/mol. The number of halogens is 1. The van der Waals surface area contributed by atoms with Gasteiger partial charge in [0.25, 0.3) is 0 Å². The molecule has 1 aliphatic carbocycles. The minimum absolute atomic E-state index is 0. The van der Waals surface area contributed by atoms with Crippen molar-refractivity contribution < 1.29 is 9.90 Å². The molecule has 1 aliphatic rings. The lowest BCUT2D eigenvalue weighted by Gasteiger charge is -1.95. The fourth-order valence-corrected chi connectivity index (χ4v) is 1.66. The van der Waals surface area contributed by atoms with Gasteiger partial charge in [0.05, 0.1) is 12.0 Å². The molecule has 3 nitrogen and oxygen atoms in total. The third kappa shape index (κ3) is 2.02. The molecule has 0 spiro atoms. The Morgan fingerprint density at radius 2 is 2.15 bits per heavy atom. The Morgan fingerprint density at radius 3 is 2.46 bits per heavy atom. The highest BCUT2D eigenvalue weighted by Crippen LogP contribution is 2.58. The van der Waals surface area contributed by atoms with Gasteiger partial charge in [-0.25, -0.2) is 0 Å². The number of hydrogen-bond acceptors (Lipinski definition) is 2. The van der Waals surface area contributed by atoms with E-state index in [2.05, 4.69) is 0 Å². The summed E-state index contributed by atoms with van der Waals surface area (Å²) in [5.74, 6) is -1.07. The average molecular weight is 202 g/mol. The number of allylic oxidation sites excluding steroid dienone is 2. The zero-order valence-corrected chi connectivity index (χ0v) is 8.34. The number of aliphatic carboxylic acids is 1. The first-order valence-electron chi connectivity index (χ1n) is 3.81. The highest BCUT2D eigenvalue weighted by atomic mass is 35.5. The highest BCUT2D eigenvalue weighted by molar-refractivity contribution is 5.85. The van der Waals surface area contributed by atoms with Crippen LogP contribution in [0.25, 0.3) is 0 Å². The summed E-state index contributed by atoms with van der Waals surface area (Å²) in [6.45, 7) is 3.80. The van der Waals surface area contributed by atoms with Crippen LogP contribution < -0.4 is 0 Å². The largest absolute Gasteiger partial charge is 0.481 e. The smallest absolute Gasteiger partial charge is 0.307 e. The summed E-state index contributed by atoms with van der Waals surface area (Å²) >= 11 is 0. The Hall–Kier alpha value is -1.01. The minimum atomic E-state index is -0.771. The lowest BCUT2D eigenvalue weighted by Crippen LogP contribution is -2.02. The summed E-state index contributed by atoms with van der Waals surface area (Å²) in [4.78, 5) is 10.6. The summed E-state index contributed by atoms with van der Waals surface area (Å²) in [5.41, 5.74) is -0.181. The molecule has 0 aromatic carbocycles. The fraction of sp³-hybridized carbons (Fsp3) is 0.556. The van der Waals surface area contributed by atoms with Crippen LogP contribution in [-0.4, -0.2) is 11.1 Å². The van der Waals surface area contributed by atoms with Gasteiger partial charge in [0.1, 0.15) is 0 Å². The van der Waals surface area contributed by atoms with Crippen molar-refractivity contribution in [3.05, 3.63) is 12.2 Å². The Balaban J connectivity index is 0.00000144. The number of carbonyl (C=O) groups is 1. The van der Waals surface area contributed by atoms with Gasteiger partial charge in [-0.1, -0.05) is 19.9 Å². The SMILES string of the molecule is CC1(C)C(C=CC#N)C1C(=O)O.Cl.